The minimum atomic E-state index is 0.636. The Morgan fingerprint density at radius 3 is 3.00 bits per heavy atom. The zero-order valence-corrected chi connectivity index (χ0v) is 10.5. The SMILES string of the molecule is N#Cc1cccc(CNc2nnc(Br)s2)c1. The van der Waals surface area contributed by atoms with E-state index in [2.05, 4.69) is 37.5 Å². The molecule has 2 rings (SSSR count). The van der Waals surface area contributed by atoms with Gasteiger partial charge in [0.1, 0.15) is 0 Å². The standard InChI is InChI=1S/C10H7BrN4S/c11-9-14-15-10(16-9)13-6-8-3-1-2-7(4-8)5-12/h1-4H,6H2,(H,13,15). The number of nitrogens with zero attached hydrogens (tertiary/aromatic N) is 3. The summed E-state index contributed by atoms with van der Waals surface area (Å²) in [6.45, 7) is 0.636. The molecule has 0 bridgehead atoms. The molecule has 0 radical (unpaired) electrons. The van der Waals surface area contributed by atoms with Gasteiger partial charge in [-0.3, -0.25) is 0 Å². The van der Waals surface area contributed by atoms with Gasteiger partial charge in [-0.1, -0.05) is 23.5 Å². The van der Waals surface area contributed by atoms with Crippen LogP contribution in [-0.2, 0) is 6.54 Å². The lowest BCUT2D eigenvalue weighted by atomic mass is 10.1. The van der Waals surface area contributed by atoms with Gasteiger partial charge in [-0.15, -0.1) is 10.2 Å². The van der Waals surface area contributed by atoms with Gasteiger partial charge in [0.25, 0.3) is 0 Å². The lowest BCUT2D eigenvalue weighted by molar-refractivity contribution is 1.04. The largest absolute Gasteiger partial charge is 0.356 e. The number of anilines is 1. The molecule has 0 aliphatic rings. The van der Waals surface area contributed by atoms with Gasteiger partial charge in [0.15, 0.2) is 3.92 Å². The number of nitrogens with one attached hydrogen (secondary N) is 1. The van der Waals surface area contributed by atoms with Crippen LogP contribution in [0.1, 0.15) is 11.1 Å². The van der Waals surface area contributed by atoms with E-state index in [1.807, 2.05) is 18.2 Å². The third kappa shape index (κ3) is 2.78. The molecule has 0 spiro atoms. The molecule has 0 fully saturated rings. The van der Waals surface area contributed by atoms with Crippen LogP contribution in [0, 0.1) is 11.3 Å². The Hall–Kier alpha value is -1.45. The van der Waals surface area contributed by atoms with Gasteiger partial charge < -0.3 is 5.32 Å². The van der Waals surface area contributed by atoms with Crippen molar-refractivity contribution < 1.29 is 0 Å². The fraction of sp³-hybridized carbons (Fsp3) is 0.100. The normalized spacial score (nSPS) is 9.75. The van der Waals surface area contributed by atoms with E-state index in [1.54, 1.807) is 6.07 Å². The summed E-state index contributed by atoms with van der Waals surface area (Å²) in [5.74, 6) is 0. The molecule has 0 atom stereocenters. The highest BCUT2D eigenvalue weighted by Gasteiger charge is 2.00. The van der Waals surface area contributed by atoms with E-state index in [4.69, 9.17) is 5.26 Å². The summed E-state index contributed by atoms with van der Waals surface area (Å²) < 4.78 is 0.751. The van der Waals surface area contributed by atoms with Crippen molar-refractivity contribution in [2.24, 2.45) is 0 Å². The van der Waals surface area contributed by atoms with E-state index < -0.39 is 0 Å². The second kappa shape index (κ2) is 5.05. The van der Waals surface area contributed by atoms with Gasteiger partial charge >= 0.3 is 0 Å². The maximum atomic E-state index is 8.75. The Balaban J connectivity index is 2.02. The summed E-state index contributed by atoms with van der Waals surface area (Å²) in [6.07, 6.45) is 0. The molecule has 0 unspecified atom stereocenters. The molecule has 0 aliphatic carbocycles. The van der Waals surface area contributed by atoms with Crippen molar-refractivity contribution >= 4 is 32.4 Å². The van der Waals surface area contributed by atoms with Crippen molar-refractivity contribution in [3.05, 3.63) is 39.3 Å². The summed E-state index contributed by atoms with van der Waals surface area (Å²) in [7, 11) is 0. The first-order chi connectivity index (χ1) is 7.78. The van der Waals surface area contributed by atoms with Crippen LogP contribution < -0.4 is 5.32 Å². The highest BCUT2D eigenvalue weighted by Crippen LogP contribution is 2.20. The van der Waals surface area contributed by atoms with Gasteiger partial charge in [0.2, 0.25) is 5.13 Å². The number of halogens is 1. The van der Waals surface area contributed by atoms with E-state index in [9.17, 15) is 0 Å². The minimum Gasteiger partial charge on any atom is -0.356 e. The molecular weight excluding hydrogens is 288 g/mol. The van der Waals surface area contributed by atoms with Gasteiger partial charge in [-0.05, 0) is 33.6 Å². The third-order valence-electron chi connectivity index (χ3n) is 1.90. The van der Waals surface area contributed by atoms with Crippen molar-refractivity contribution in [1.29, 1.82) is 5.26 Å². The molecule has 16 heavy (non-hydrogen) atoms. The van der Waals surface area contributed by atoms with E-state index in [0.717, 1.165) is 14.6 Å². The average Bonchev–Trinajstić information content (AvgIpc) is 2.73. The van der Waals surface area contributed by atoms with Crippen LogP contribution in [0.3, 0.4) is 0 Å². The van der Waals surface area contributed by atoms with Crippen LogP contribution in [0.15, 0.2) is 28.2 Å². The lowest BCUT2D eigenvalue weighted by Gasteiger charge is -2.01. The summed E-state index contributed by atoms with van der Waals surface area (Å²) in [5.41, 5.74) is 1.71. The Labute approximate surface area is 105 Å². The second-order valence-electron chi connectivity index (χ2n) is 3.03. The average molecular weight is 295 g/mol. The Kier molecular flexibility index (Phi) is 3.49. The van der Waals surface area contributed by atoms with Crippen LogP contribution in [0.2, 0.25) is 0 Å². The molecule has 0 saturated carbocycles. The van der Waals surface area contributed by atoms with Crippen molar-refractivity contribution in [1.82, 2.24) is 10.2 Å². The first kappa shape index (κ1) is 11.0. The predicted molar refractivity (Wildman–Crippen MR) is 66.1 cm³/mol. The summed E-state index contributed by atoms with van der Waals surface area (Å²) in [6, 6.07) is 9.57. The van der Waals surface area contributed by atoms with Gasteiger partial charge in [-0.25, -0.2) is 0 Å². The monoisotopic (exact) mass is 294 g/mol. The van der Waals surface area contributed by atoms with Crippen LogP contribution in [0.5, 0.6) is 0 Å². The second-order valence-corrected chi connectivity index (χ2v) is 5.28. The van der Waals surface area contributed by atoms with Crippen molar-refractivity contribution in [2.45, 2.75) is 6.54 Å². The number of rotatable bonds is 3. The summed E-state index contributed by atoms with van der Waals surface area (Å²) in [5, 5.41) is 20.4. The molecule has 4 nitrogen and oxygen atoms in total. The number of hydrogen-bond acceptors (Lipinski definition) is 5. The van der Waals surface area contributed by atoms with Crippen LogP contribution in [-0.4, -0.2) is 10.2 Å². The van der Waals surface area contributed by atoms with Gasteiger partial charge in [-0.2, -0.15) is 5.26 Å². The highest BCUT2D eigenvalue weighted by molar-refractivity contribution is 9.11. The maximum Gasteiger partial charge on any atom is 0.206 e. The first-order valence-corrected chi connectivity index (χ1v) is 6.11. The molecular formula is C10H7BrN4S. The van der Waals surface area contributed by atoms with E-state index >= 15 is 0 Å². The van der Waals surface area contributed by atoms with E-state index in [0.29, 0.717) is 12.1 Å². The number of hydrogen-bond donors (Lipinski definition) is 1. The molecule has 1 aromatic heterocycles. The van der Waals surface area contributed by atoms with Crippen LogP contribution in [0.4, 0.5) is 5.13 Å². The number of aromatic nitrogens is 2. The molecule has 1 N–H and O–H groups in total. The predicted octanol–water partition coefficient (Wildman–Crippen LogP) is 2.78. The molecule has 0 saturated heterocycles. The molecule has 0 amide bonds. The minimum absolute atomic E-state index is 0.636. The molecule has 1 aromatic carbocycles. The number of benzene rings is 1. The Bertz CT molecular complexity index is 532. The Morgan fingerprint density at radius 2 is 2.31 bits per heavy atom. The maximum absolute atomic E-state index is 8.75. The van der Waals surface area contributed by atoms with Crippen LogP contribution >= 0.6 is 27.3 Å². The zero-order chi connectivity index (χ0) is 11.4. The molecule has 6 heteroatoms. The van der Waals surface area contributed by atoms with Crippen molar-refractivity contribution in [3.8, 4) is 6.07 Å². The molecule has 0 aliphatic heterocycles. The smallest absolute Gasteiger partial charge is 0.206 e. The third-order valence-corrected chi connectivity index (χ3v) is 3.21. The number of nitriles is 1. The Morgan fingerprint density at radius 1 is 1.44 bits per heavy atom. The molecule has 2 aromatic rings. The fourth-order valence-electron chi connectivity index (χ4n) is 1.21. The topological polar surface area (TPSA) is 61.6 Å². The molecule has 1 heterocycles. The van der Waals surface area contributed by atoms with Gasteiger partial charge in [0.05, 0.1) is 11.6 Å². The summed E-state index contributed by atoms with van der Waals surface area (Å²) >= 11 is 4.68. The summed E-state index contributed by atoms with van der Waals surface area (Å²) in [4.78, 5) is 0. The van der Waals surface area contributed by atoms with E-state index in [-0.39, 0.29) is 0 Å². The zero-order valence-electron chi connectivity index (χ0n) is 8.14. The van der Waals surface area contributed by atoms with Crippen molar-refractivity contribution in [3.63, 3.8) is 0 Å². The van der Waals surface area contributed by atoms with E-state index in [1.165, 1.54) is 11.3 Å². The molecule has 80 valence electrons. The lowest BCUT2D eigenvalue weighted by Crippen LogP contribution is -1.99. The highest BCUT2D eigenvalue weighted by atomic mass is 79.9. The van der Waals surface area contributed by atoms with Crippen LogP contribution in [0.25, 0.3) is 0 Å². The van der Waals surface area contributed by atoms with Gasteiger partial charge in [0, 0.05) is 6.54 Å². The quantitative estimate of drug-likeness (QED) is 0.945. The fourth-order valence-corrected chi connectivity index (χ4v) is 2.21. The first-order valence-electron chi connectivity index (χ1n) is 4.50. The van der Waals surface area contributed by atoms with Crippen molar-refractivity contribution in [2.75, 3.05) is 5.32 Å².